The van der Waals surface area contributed by atoms with Crippen molar-refractivity contribution in [1.29, 1.82) is 0 Å². The van der Waals surface area contributed by atoms with E-state index in [1.807, 2.05) is 37.3 Å². The number of benzene rings is 2. The number of rotatable bonds is 4. The van der Waals surface area contributed by atoms with E-state index < -0.39 is 11.9 Å². The summed E-state index contributed by atoms with van der Waals surface area (Å²) >= 11 is 0. The van der Waals surface area contributed by atoms with Crippen molar-refractivity contribution in [3.8, 4) is 5.88 Å². The average molecular weight is 420 g/mol. The first-order valence-corrected chi connectivity index (χ1v) is 10.1. The van der Waals surface area contributed by atoms with E-state index in [2.05, 4.69) is 10.6 Å². The summed E-state index contributed by atoms with van der Waals surface area (Å²) in [6.45, 7) is 2.27. The number of urea groups is 1. The first kappa shape index (κ1) is 20.5. The van der Waals surface area contributed by atoms with Gasteiger partial charge in [0, 0.05) is 42.7 Å². The lowest BCUT2D eigenvalue weighted by atomic mass is 10.1. The number of hydrogen-bond acceptors (Lipinski definition) is 4. The maximum atomic E-state index is 12.6. The molecule has 1 unspecified atom stereocenters. The van der Waals surface area contributed by atoms with Gasteiger partial charge in [-0.2, -0.15) is 0 Å². The minimum absolute atomic E-state index is 0.0294. The molecule has 0 aliphatic carbocycles. The van der Waals surface area contributed by atoms with Crippen molar-refractivity contribution in [2.24, 2.45) is 0 Å². The van der Waals surface area contributed by atoms with Crippen molar-refractivity contribution in [3.63, 3.8) is 0 Å². The van der Waals surface area contributed by atoms with Crippen LogP contribution in [-0.2, 0) is 16.1 Å². The van der Waals surface area contributed by atoms with Gasteiger partial charge in [0.05, 0.1) is 0 Å². The van der Waals surface area contributed by atoms with E-state index in [4.69, 9.17) is 0 Å². The molecule has 1 aliphatic rings. The summed E-state index contributed by atoms with van der Waals surface area (Å²) in [5.41, 5.74) is 2.60. The van der Waals surface area contributed by atoms with E-state index >= 15 is 0 Å². The molecule has 8 nitrogen and oxygen atoms in total. The predicted octanol–water partition coefficient (Wildman–Crippen LogP) is 3.30. The standard InChI is InChI=1S/C23H24N4O4/c1-14-5-3-7-16(11-14)24-23(31)26(2)12-15-6-4-8-17-18(15)13-27(22(17)30)19-9-10-20(28)25-21(19)29/h3-8,11,13,19,30H,9-10,12H2,1-2H3,(H,24,31)(H,25,28,29). The number of aromatic nitrogens is 1. The zero-order chi connectivity index (χ0) is 22.1. The minimum Gasteiger partial charge on any atom is -0.494 e. The first-order valence-electron chi connectivity index (χ1n) is 10.1. The van der Waals surface area contributed by atoms with Gasteiger partial charge in [-0.05, 0) is 42.7 Å². The zero-order valence-corrected chi connectivity index (χ0v) is 17.4. The Morgan fingerprint density at radius 2 is 2.00 bits per heavy atom. The number of nitrogens with one attached hydrogen (secondary N) is 2. The summed E-state index contributed by atoms with van der Waals surface area (Å²) in [6.07, 6.45) is 2.26. The minimum atomic E-state index is -0.653. The molecule has 2 heterocycles. The van der Waals surface area contributed by atoms with E-state index in [0.29, 0.717) is 18.4 Å². The second-order valence-corrected chi connectivity index (χ2v) is 7.86. The van der Waals surface area contributed by atoms with Crippen LogP contribution in [0.5, 0.6) is 5.88 Å². The quantitative estimate of drug-likeness (QED) is 0.564. The average Bonchev–Trinajstić information content (AvgIpc) is 3.05. The number of aryl methyl sites for hydroxylation is 1. The molecule has 1 atom stereocenters. The van der Waals surface area contributed by atoms with Crippen molar-refractivity contribution in [2.75, 3.05) is 12.4 Å². The highest BCUT2D eigenvalue weighted by atomic mass is 16.3. The summed E-state index contributed by atoms with van der Waals surface area (Å²) in [5.74, 6) is -0.763. The Balaban J connectivity index is 1.57. The molecule has 4 rings (SSSR count). The maximum absolute atomic E-state index is 12.6. The highest BCUT2D eigenvalue weighted by Gasteiger charge is 2.30. The number of imide groups is 1. The molecule has 160 valence electrons. The number of hydrogen-bond donors (Lipinski definition) is 3. The van der Waals surface area contributed by atoms with Crippen LogP contribution in [0, 0.1) is 6.92 Å². The Kier molecular flexibility index (Phi) is 5.37. The molecule has 1 saturated heterocycles. The van der Waals surface area contributed by atoms with Gasteiger partial charge >= 0.3 is 6.03 Å². The Bertz CT molecular complexity index is 1180. The molecular formula is C23H24N4O4. The predicted molar refractivity (Wildman–Crippen MR) is 117 cm³/mol. The largest absolute Gasteiger partial charge is 0.494 e. The Morgan fingerprint density at radius 3 is 2.74 bits per heavy atom. The Labute approximate surface area is 179 Å². The van der Waals surface area contributed by atoms with E-state index in [-0.39, 0.29) is 24.2 Å². The van der Waals surface area contributed by atoms with E-state index in [0.717, 1.165) is 22.2 Å². The second-order valence-electron chi connectivity index (χ2n) is 7.86. The van der Waals surface area contributed by atoms with Crippen molar-refractivity contribution in [1.82, 2.24) is 14.8 Å². The number of piperidine rings is 1. The van der Waals surface area contributed by atoms with Crippen LogP contribution in [0.25, 0.3) is 10.8 Å². The SMILES string of the molecule is Cc1cccc(NC(=O)N(C)Cc2cccc3c(O)n(C4CCC(=O)NC4=O)cc23)c1. The molecule has 0 saturated carbocycles. The molecular weight excluding hydrogens is 396 g/mol. The van der Waals surface area contributed by atoms with Gasteiger partial charge in [-0.1, -0.05) is 24.3 Å². The van der Waals surface area contributed by atoms with Crippen LogP contribution in [0.4, 0.5) is 10.5 Å². The van der Waals surface area contributed by atoms with Crippen molar-refractivity contribution in [3.05, 3.63) is 59.8 Å². The Morgan fingerprint density at radius 1 is 1.23 bits per heavy atom. The van der Waals surface area contributed by atoms with Crippen LogP contribution in [0.1, 0.15) is 30.0 Å². The molecule has 1 fully saturated rings. The summed E-state index contributed by atoms with van der Waals surface area (Å²) in [4.78, 5) is 37.9. The number of amides is 4. The summed E-state index contributed by atoms with van der Waals surface area (Å²) in [5, 5.41) is 17.3. The highest BCUT2D eigenvalue weighted by Crippen LogP contribution is 2.34. The highest BCUT2D eigenvalue weighted by molar-refractivity contribution is 6.00. The van der Waals surface area contributed by atoms with Gasteiger partial charge in [0.2, 0.25) is 11.8 Å². The monoisotopic (exact) mass is 420 g/mol. The van der Waals surface area contributed by atoms with Gasteiger partial charge in [-0.15, -0.1) is 0 Å². The summed E-state index contributed by atoms with van der Waals surface area (Å²) in [7, 11) is 1.70. The molecule has 2 aromatic carbocycles. The molecule has 3 N–H and O–H groups in total. The number of anilines is 1. The molecule has 8 heteroatoms. The lowest BCUT2D eigenvalue weighted by molar-refractivity contribution is -0.135. The van der Waals surface area contributed by atoms with Crippen LogP contribution < -0.4 is 10.6 Å². The van der Waals surface area contributed by atoms with Gasteiger partial charge in [0.25, 0.3) is 0 Å². The topological polar surface area (TPSA) is 104 Å². The van der Waals surface area contributed by atoms with Gasteiger partial charge in [0.1, 0.15) is 6.04 Å². The van der Waals surface area contributed by atoms with Gasteiger partial charge < -0.3 is 19.9 Å². The normalized spacial score (nSPS) is 16.3. The van der Waals surface area contributed by atoms with Crippen molar-refractivity contribution >= 4 is 34.3 Å². The number of carbonyl (C=O) groups excluding carboxylic acids is 3. The number of carbonyl (C=O) groups is 3. The van der Waals surface area contributed by atoms with Gasteiger partial charge in [-0.3, -0.25) is 14.9 Å². The summed E-state index contributed by atoms with van der Waals surface area (Å²) in [6, 6.07) is 12.1. The van der Waals surface area contributed by atoms with Crippen LogP contribution >= 0.6 is 0 Å². The molecule has 0 spiro atoms. The Hall–Kier alpha value is -3.81. The number of nitrogens with zero attached hydrogens (tertiary/aromatic N) is 2. The van der Waals surface area contributed by atoms with Crippen LogP contribution in [-0.4, -0.2) is 39.5 Å². The smallest absolute Gasteiger partial charge is 0.321 e. The molecule has 1 aliphatic heterocycles. The van der Waals surface area contributed by atoms with Gasteiger partial charge in [-0.25, -0.2) is 4.79 Å². The molecule has 0 radical (unpaired) electrons. The summed E-state index contributed by atoms with van der Waals surface area (Å²) < 4.78 is 1.50. The fraction of sp³-hybridized carbons (Fsp3) is 0.261. The van der Waals surface area contributed by atoms with Crippen molar-refractivity contribution in [2.45, 2.75) is 32.4 Å². The third kappa shape index (κ3) is 4.09. The third-order valence-electron chi connectivity index (χ3n) is 5.52. The molecule has 4 amide bonds. The van der Waals surface area contributed by atoms with E-state index in [9.17, 15) is 19.5 Å². The zero-order valence-electron chi connectivity index (χ0n) is 17.4. The van der Waals surface area contributed by atoms with Crippen LogP contribution in [0.15, 0.2) is 48.7 Å². The molecule has 31 heavy (non-hydrogen) atoms. The first-order chi connectivity index (χ1) is 14.8. The number of aromatic hydroxyl groups is 1. The lowest BCUT2D eigenvalue weighted by Crippen LogP contribution is -2.41. The fourth-order valence-corrected chi connectivity index (χ4v) is 3.89. The lowest BCUT2D eigenvalue weighted by Gasteiger charge is -2.22. The molecule has 0 bridgehead atoms. The van der Waals surface area contributed by atoms with E-state index in [1.165, 1.54) is 4.57 Å². The fourth-order valence-electron chi connectivity index (χ4n) is 3.89. The number of fused-ring (bicyclic) bond motifs is 1. The van der Waals surface area contributed by atoms with Crippen LogP contribution in [0.3, 0.4) is 0 Å². The van der Waals surface area contributed by atoms with Gasteiger partial charge in [0.15, 0.2) is 5.88 Å². The second kappa shape index (κ2) is 8.14. The molecule has 3 aromatic rings. The van der Waals surface area contributed by atoms with Crippen molar-refractivity contribution < 1.29 is 19.5 Å². The maximum Gasteiger partial charge on any atom is 0.321 e. The third-order valence-corrected chi connectivity index (χ3v) is 5.52. The van der Waals surface area contributed by atoms with E-state index in [1.54, 1.807) is 30.3 Å². The molecule has 1 aromatic heterocycles. The van der Waals surface area contributed by atoms with Crippen LogP contribution in [0.2, 0.25) is 0 Å².